The number of hydrogen-bond donors (Lipinski definition) is 1. The van der Waals surface area contributed by atoms with E-state index in [-0.39, 0.29) is 5.88 Å². The molecule has 0 radical (unpaired) electrons. The molecular weight excluding hydrogens is 152 g/mol. The van der Waals surface area contributed by atoms with Crippen molar-refractivity contribution in [2.75, 3.05) is 5.88 Å². The van der Waals surface area contributed by atoms with Crippen molar-refractivity contribution in [1.82, 2.24) is 9.78 Å². The van der Waals surface area contributed by atoms with Crippen LogP contribution in [0.15, 0.2) is 12.4 Å². The second-order valence-corrected chi connectivity index (χ2v) is 2.43. The van der Waals surface area contributed by atoms with Crippen molar-refractivity contribution in [1.29, 1.82) is 0 Å². The lowest BCUT2D eigenvalue weighted by Gasteiger charge is -1.99. The number of halogens is 1. The minimum atomic E-state index is -0.588. The minimum absolute atomic E-state index is 0.214. The maximum Gasteiger partial charge on any atom is 0.0955 e. The van der Waals surface area contributed by atoms with Crippen LogP contribution in [0.4, 0.5) is 0 Å². The average Bonchev–Trinajstić information content (AvgIpc) is 2.34. The van der Waals surface area contributed by atoms with Crippen LogP contribution in [0, 0.1) is 0 Å². The molecule has 1 aromatic heterocycles. The van der Waals surface area contributed by atoms with E-state index in [1.165, 1.54) is 0 Å². The predicted octanol–water partition coefficient (Wildman–Crippen LogP) is 0.692. The SMILES string of the molecule is Cn1cc([C@H](O)CCl)cn1. The summed E-state index contributed by atoms with van der Waals surface area (Å²) in [5.74, 6) is 0.214. The lowest BCUT2D eigenvalue weighted by molar-refractivity contribution is 0.202. The summed E-state index contributed by atoms with van der Waals surface area (Å²) in [4.78, 5) is 0. The number of alkyl halides is 1. The zero-order valence-corrected chi connectivity index (χ0v) is 6.41. The minimum Gasteiger partial charge on any atom is -0.387 e. The Morgan fingerprint density at radius 1 is 1.90 bits per heavy atom. The van der Waals surface area contributed by atoms with Crippen molar-refractivity contribution in [2.45, 2.75) is 6.10 Å². The largest absolute Gasteiger partial charge is 0.387 e. The highest BCUT2D eigenvalue weighted by molar-refractivity contribution is 6.18. The number of rotatable bonds is 2. The first-order valence-corrected chi connectivity index (χ1v) is 3.50. The molecule has 0 aromatic carbocycles. The number of aliphatic hydroxyl groups is 1. The second-order valence-electron chi connectivity index (χ2n) is 2.12. The molecule has 0 saturated carbocycles. The van der Waals surface area contributed by atoms with E-state index < -0.39 is 6.10 Å². The highest BCUT2D eigenvalue weighted by atomic mass is 35.5. The maximum absolute atomic E-state index is 9.16. The van der Waals surface area contributed by atoms with Gasteiger partial charge in [-0.1, -0.05) is 0 Å². The van der Waals surface area contributed by atoms with E-state index in [1.807, 2.05) is 0 Å². The van der Waals surface area contributed by atoms with Gasteiger partial charge < -0.3 is 5.11 Å². The fourth-order valence-electron chi connectivity index (χ4n) is 0.701. The van der Waals surface area contributed by atoms with Crippen molar-refractivity contribution >= 4 is 11.6 Å². The first-order chi connectivity index (χ1) is 4.74. The van der Waals surface area contributed by atoms with Crippen LogP contribution in [0.3, 0.4) is 0 Å². The molecule has 1 heterocycles. The van der Waals surface area contributed by atoms with Gasteiger partial charge in [0, 0.05) is 18.8 Å². The summed E-state index contributed by atoms with van der Waals surface area (Å²) in [5.41, 5.74) is 0.762. The fourth-order valence-corrected chi connectivity index (χ4v) is 0.879. The molecule has 1 aromatic rings. The molecule has 3 nitrogen and oxygen atoms in total. The average molecular weight is 161 g/mol. The van der Waals surface area contributed by atoms with E-state index >= 15 is 0 Å². The Morgan fingerprint density at radius 3 is 3.00 bits per heavy atom. The van der Waals surface area contributed by atoms with E-state index in [9.17, 15) is 0 Å². The van der Waals surface area contributed by atoms with Crippen LogP contribution < -0.4 is 0 Å². The molecule has 0 amide bonds. The smallest absolute Gasteiger partial charge is 0.0955 e. The number of hydrogen-bond acceptors (Lipinski definition) is 2. The molecule has 0 aliphatic rings. The summed E-state index contributed by atoms with van der Waals surface area (Å²) in [6.07, 6.45) is 2.76. The zero-order valence-electron chi connectivity index (χ0n) is 5.66. The van der Waals surface area contributed by atoms with Gasteiger partial charge >= 0.3 is 0 Å². The monoisotopic (exact) mass is 160 g/mol. The van der Waals surface area contributed by atoms with Gasteiger partial charge in [-0.3, -0.25) is 4.68 Å². The van der Waals surface area contributed by atoms with Crippen LogP contribution in [-0.2, 0) is 7.05 Å². The molecular formula is C6H9ClN2O. The number of aliphatic hydroxyl groups excluding tert-OH is 1. The van der Waals surface area contributed by atoms with Crippen LogP contribution in [0.2, 0.25) is 0 Å². The molecule has 10 heavy (non-hydrogen) atoms. The lowest BCUT2D eigenvalue weighted by atomic mass is 10.2. The quantitative estimate of drug-likeness (QED) is 0.647. The molecule has 1 rings (SSSR count). The van der Waals surface area contributed by atoms with Crippen LogP contribution in [0.5, 0.6) is 0 Å². The summed E-state index contributed by atoms with van der Waals surface area (Å²) in [6, 6.07) is 0. The van der Waals surface area contributed by atoms with Crippen LogP contribution in [0.25, 0.3) is 0 Å². The van der Waals surface area contributed by atoms with Crippen molar-refractivity contribution in [3.63, 3.8) is 0 Å². The van der Waals surface area contributed by atoms with Gasteiger partial charge in [-0.2, -0.15) is 5.10 Å². The summed E-state index contributed by atoms with van der Waals surface area (Å²) in [7, 11) is 1.80. The molecule has 0 aliphatic heterocycles. The van der Waals surface area contributed by atoms with E-state index in [4.69, 9.17) is 16.7 Å². The Bertz CT molecular complexity index is 211. The van der Waals surface area contributed by atoms with Crippen molar-refractivity contribution in [3.05, 3.63) is 18.0 Å². The van der Waals surface area contributed by atoms with Crippen molar-refractivity contribution in [2.24, 2.45) is 7.05 Å². The Kier molecular flexibility index (Phi) is 2.29. The first-order valence-electron chi connectivity index (χ1n) is 2.96. The summed E-state index contributed by atoms with van der Waals surface area (Å²) in [6.45, 7) is 0. The third-order valence-electron chi connectivity index (χ3n) is 1.26. The third kappa shape index (κ3) is 1.49. The van der Waals surface area contributed by atoms with Crippen LogP contribution in [-0.4, -0.2) is 20.8 Å². The van der Waals surface area contributed by atoms with Gasteiger partial charge in [-0.05, 0) is 0 Å². The van der Waals surface area contributed by atoms with Crippen LogP contribution in [0.1, 0.15) is 11.7 Å². The Labute approximate surface area is 64.2 Å². The zero-order chi connectivity index (χ0) is 7.56. The topological polar surface area (TPSA) is 38.0 Å². The molecule has 0 bridgehead atoms. The maximum atomic E-state index is 9.16. The predicted molar refractivity (Wildman–Crippen MR) is 38.9 cm³/mol. The number of nitrogens with zero attached hydrogens (tertiary/aromatic N) is 2. The molecule has 0 saturated heterocycles. The van der Waals surface area contributed by atoms with Gasteiger partial charge in [-0.15, -0.1) is 11.6 Å². The molecule has 4 heteroatoms. The highest BCUT2D eigenvalue weighted by Gasteiger charge is 2.06. The molecule has 0 unspecified atom stereocenters. The summed E-state index contributed by atoms with van der Waals surface area (Å²) < 4.78 is 1.63. The molecule has 1 atom stereocenters. The van der Waals surface area contributed by atoms with Gasteiger partial charge in [0.15, 0.2) is 0 Å². The van der Waals surface area contributed by atoms with E-state index in [1.54, 1.807) is 24.1 Å². The van der Waals surface area contributed by atoms with E-state index in [2.05, 4.69) is 5.10 Å². The summed E-state index contributed by atoms with van der Waals surface area (Å²) >= 11 is 5.41. The van der Waals surface area contributed by atoms with Crippen molar-refractivity contribution in [3.8, 4) is 0 Å². The Balaban J connectivity index is 2.74. The molecule has 1 N–H and O–H groups in total. The standard InChI is InChI=1S/C6H9ClN2O/c1-9-4-5(3-8-9)6(10)2-7/h3-4,6,10H,2H2,1H3/t6-/m1/s1. The molecule has 0 aliphatic carbocycles. The van der Waals surface area contributed by atoms with Gasteiger partial charge in [0.05, 0.1) is 18.2 Å². The van der Waals surface area contributed by atoms with Gasteiger partial charge in [0.1, 0.15) is 0 Å². The third-order valence-corrected chi connectivity index (χ3v) is 1.55. The van der Waals surface area contributed by atoms with Gasteiger partial charge in [0.2, 0.25) is 0 Å². The molecule has 0 spiro atoms. The van der Waals surface area contributed by atoms with Gasteiger partial charge in [0.25, 0.3) is 0 Å². The fraction of sp³-hybridized carbons (Fsp3) is 0.500. The first kappa shape index (κ1) is 7.57. The second kappa shape index (κ2) is 3.03. The normalized spacial score (nSPS) is 13.5. The van der Waals surface area contributed by atoms with Crippen LogP contribution >= 0.6 is 11.6 Å². The number of aromatic nitrogens is 2. The highest BCUT2D eigenvalue weighted by Crippen LogP contribution is 2.11. The summed E-state index contributed by atoms with van der Waals surface area (Å²) in [5, 5.41) is 13.0. The number of aryl methyl sites for hydroxylation is 1. The van der Waals surface area contributed by atoms with Crippen molar-refractivity contribution < 1.29 is 5.11 Å². The van der Waals surface area contributed by atoms with Gasteiger partial charge in [-0.25, -0.2) is 0 Å². The Hall–Kier alpha value is -0.540. The molecule has 0 fully saturated rings. The Morgan fingerprint density at radius 2 is 2.60 bits per heavy atom. The van der Waals surface area contributed by atoms with E-state index in [0.29, 0.717) is 0 Å². The lowest BCUT2D eigenvalue weighted by Crippen LogP contribution is -1.96. The molecule has 56 valence electrons. The van der Waals surface area contributed by atoms with E-state index in [0.717, 1.165) is 5.56 Å².